The van der Waals surface area contributed by atoms with Crippen molar-refractivity contribution in [2.45, 2.75) is 13.1 Å². The van der Waals surface area contributed by atoms with Crippen molar-refractivity contribution in [2.24, 2.45) is 0 Å². The van der Waals surface area contributed by atoms with Gasteiger partial charge in [0.25, 0.3) is 0 Å². The molecule has 0 atom stereocenters. The minimum Gasteiger partial charge on any atom is -0.461 e. The average Bonchev–Trinajstić information content (AvgIpc) is 3.19. The lowest BCUT2D eigenvalue weighted by molar-refractivity contribution is -0.137. The first-order valence-electron chi connectivity index (χ1n) is 9.40. The van der Waals surface area contributed by atoms with Gasteiger partial charge in [-0.2, -0.15) is 13.2 Å². The molecule has 0 fully saturated rings. The molecule has 4 aromatic rings. The van der Waals surface area contributed by atoms with E-state index in [-0.39, 0.29) is 6.61 Å². The van der Waals surface area contributed by atoms with Gasteiger partial charge in [0.2, 0.25) is 0 Å². The molecule has 31 heavy (non-hydrogen) atoms. The fraction of sp³-hybridized carbons (Fsp3) is 0.136. The van der Waals surface area contributed by atoms with Crippen molar-refractivity contribution >= 4 is 28.4 Å². The molecule has 0 aliphatic heterocycles. The first kappa shape index (κ1) is 20.4. The number of rotatable bonds is 5. The number of carbonyl (C=O) groups excluding carboxylic acids is 1. The van der Waals surface area contributed by atoms with Gasteiger partial charge in [-0.3, -0.25) is 0 Å². The number of nitrogens with zero attached hydrogens (tertiary/aromatic N) is 2. The first-order valence-corrected chi connectivity index (χ1v) is 9.40. The molecule has 2 aromatic carbocycles. The fourth-order valence-electron chi connectivity index (χ4n) is 3.13. The number of benzene rings is 2. The second-order valence-corrected chi connectivity index (χ2v) is 6.66. The highest BCUT2D eigenvalue weighted by Gasteiger charge is 2.30. The highest BCUT2D eigenvalue weighted by atomic mass is 19.4. The van der Waals surface area contributed by atoms with E-state index in [1.807, 2.05) is 18.2 Å². The Kier molecular flexibility index (Phi) is 5.33. The number of H-pyrrole nitrogens is 1. The van der Waals surface area contributed by atoms with Crippen LogP contribution in [-0.2, 0) is 10.9 Å². The minimum absolute atomic E-state index is 0.271. The summed E-state index contributed by atoms with van der Waals surface area (Å²) in [5.41, 5.74) is 1.97. The van der Waals surface area contributed by atoms with Crippen LogP contribution in [0.2, 0.25) is 0 Å². The summed E-state index contributed by atoms with van der Waals surface area (Å²) in [6, 6.07) is 13.6. The molecule has 0 radical (unpaired) electrons. The van der Waals surface area contributed by atoms with Gasteiger partial charge < -0.3 is 15.0 Å². The molecular weight excluding hydrogens is 409 g/mol. The van der Waals surface area contributed by atoms with Gasteiger partial charge >= 0.3 is 12.1 Å². The summed E-state index contributed by atoms with van der Waals surface area (Å²) in [5, 5.41) is 3.97. The van der Waals surface area contributed by atoms with E-state index in [2.05, 4.69) is 20.3 Å². The third-order valence-corrected chi connectivity index (χ3v) is 4.59. The Balaban J connectivity index is 1.62. The van der Waals surface area contributed by atoms with Crippen LogP contribution >= 0.6 is 0 Å². The average molecular weight is 426 g/mol. The largest absolute Gasteiger partial charge is 0.461 e. The van der Waals surface area contributed by atoms with Crippen molar-refractivity contribution in [1.29, 1.82) is 0 Å². The third kappa shape index (κ3) is 4.35. The Bertz CT molecular complexity index is 1230. The summed E-state index contributed by atoms with van der Waals surface area (Å²) in [5.74, 6) is 0.000888. The van der Waals surface area contributed by atoms with Crippen LogP contribution in [0, 0.1) is 0 Å². The maximum atomic E-state index is 12.8. The SMILES string of the molecule is CCOC(=O)c1cc2cccc(Nc3cc(-c4ccc(C(F)(F)F)cc4)ncn3)c2[nH]1. The van der Waals surface area contributed by atoms with E-state index in [0.717, 1.165) is 17.5 Å². The Labute approximate surface area is 175 Å². The monoisotopic (exact) mass is 426 g/mol. The predicted octanol–water partition coefficient (Wildman–Crippen LogP) is 5.56. The minimum atomic E-state index is -4.39. The highest BCUT2D eigenvalue weighted by Crippen LogP contribution is 2.31. The number of anilines is 2. The zero-order valence-electron chi connectivity index (χ0n) is 16.3. The van der Waals surface area contributed by atoms with Gasteiger partial charge in [-0.1, -0.05) is 24.3 Å². The Morgan fingerprint density at radius 3 is 2.58 bits per heavy atom. The highest BCUT2D eigenvalue weighted by molar-refractivity contribution is 5.99. The number of hydrogen-bond acceptors (Lipinski definition) is 5. The number of aromatic amines is 1. The Morgan fingerprint density at radius 1 is 1.10 bits per heavy atom. The first-order chi connectivity index (χ1) is 14.8. The van der Waals surface area contributed by atoms with Gasteiger partial charge in [0.15, 0.2) is 0 Å². The lowest BCUT2D eigenvalue weighted by Crippen LogP contribution is -2.04. The van der Waals surface area contributed by atoms with E-state index < -0.39 is 17.7 Å². The summed E-state index contributed by atoms with van der Waals surface area (Å²) in [7, 11) is 0. The van der Waals surface area contributed by atoms with Crippen LogP contribution in [0.3, 0.4) is 0 Å². The van der Waals surface area contributed by atoms with Crippen molar-refractivity contribution < 1.29 is 22.7 Å². The molecule has 0 aliphatic rings. The van der Waals surface area contributed by atoms with E-state index in [1.165, 1.54) is 18.5 Å². The molecule has 0 aliphatic carbocycles. The summed E-state index contributed by atoms with van der Waals surface area (Å²) in [4.78, 5) is 23.4. The number of esters is 1. The van der Waals surface area contributed by atoms with E-state index in [9.17, 15) is 18.0 Å². The molecule has 2 aromatic heterocycles. The van der Waals surface area contributed by atoms with Crippen LogP contribution in [0.1, 0.15) is 23.0 Å². The van der Waals surface area contributed by atoms with Gasteiger partial charge in [0, 0.05) is 17.0 Å². The number of halogens is 3. The summed E-state index contributed by atoms with van der Waals surface area (Å²) in [6.45, 7) is 2.00. The number of nitrogens with one attached hydrogen (secondary N) is 2. The van der Waals surface area contributed by atoms with Crippen LogP contribution in [-0.4, -0.2) is 27.5 Å². The van der Waals surface area contributed by atoms with Crippen LogP contribution in [0.5, 0.6) is 0 Å². The fourth-order valence-corrected chi connectivity index (χ4v) is 3.13. The lowest BCUT2D eigenvalue weighted by atomic mass is 10.1. The van der Waals surface area contributed by atoms with Crippen LogP contribution in [0.4, 0.5) is 24.7 Å². The predicted molar refractivity (Wildman–Crippen MR) is 110 cm³/mol. The number of fused-ring (bicyclic) bond motifs is 1. The molecule has 9 heteroatoms. The second kappa shape index (κ2) is 8.10. The third-order valence-electron chi connectivity index (χ3n) is 4.59. The smallest absolute Gasteiger partial charge is 0.416 e. The summed E-state index contributed by atoms with van der Waals surface area (Å²) >= 11 is 0. The number of para-hydroxylation sites is 1. The van der Waals surface area contributed by atoms with Gasteiger partial charge in [0.1, 0.15) is 17.8 Å². The molecule has 0 saturated heterocycles. The Morgan fingerprint density at radius 2 is 1.87 bits per heavy atom. The topological polar surface area (TPSA) is 79.9 Å². The van der Waals surface area contributed by atoms with Crippen molar-refractivity contribution in [3.63, 3.8) is 0 Å². The van der Waals surface area contributed by atoms with Gasteiger partial charge in [0.05, 0.1) is 29.1 Å². The van der Waals surface area contributed by atoms with E-state index >= 15 is 0 Å². The lowest BCUT2D eigenvalue weighted by Gasteiger charge is -2.10. The Hall–Kier alpha value is -3.88. The van der Waals surface area contributed by atoms with Crippen molar-refractivity contribution in [3.8, 4) is 11.3 Å². The van der Waals surface area contributed by atoms with Crippen LogP contribution in [0.25, 0.3) is 22.2 Å². The summed E-state index contributed by atoms with van der Waals surface area (Å²) < 4.78 is 43.4. The maximum absolute atomic E-state index is 12.8. The molecule has 0 saturated carbocycles. The zero-order chi connectivity index (χ0) is 22.0. The van der Waals surface area contributed by atoms with E-state index in [1.54, 1.807) is 19.1 Å². The van der Waals surface area contributed by atoms with E-state index in [0.29, 0.717) is 34.0 Å². The molecule has 6 nitrogen and oxygen atoms in total. The maximum Gasteiger partial charge on any atom is 0.416 e. The van der Waals surface area contributed by atoms with Gasteiger partial charge in [-0.05, 0) is 31.2 Å². The molecular formula is C22H17F3N4O2. The molecule has 0 bridgehead atoms. The normalized spacial score (nSPS) is 11.5. The molecule has 0 spiro atoms. The number of hydrogen-bond donors (Lipinski definition) is 2. The van der Waals surface area contributed by atoms with Crippen molar-refractivity contribution in [3.05, 3.63) is 72.2 Å². The molecule has 158 valence electrons. The van der Waals surface area contributed by atoms with Crippen molar-refractivity contribution in [1.82, 2.24) is 15.0 Å². The number of alkyl halides is 3. The zero-order valence-corrected chi connectivity index (χ0v) is 16.3. The number of aromatic nitrogens is 3. The molecule has 2 heterocycles. The quantitative estimate of drug-likeness (QED) is 0.408. The van der Waals surface area contributed by atoms with Gasteiger partial charge in [-0.25, -0.2) is 14.8 Å². The van der Waals surface area contributed by atoms with Crippen LogP contribution in [0.15, 0.2) is 60.9 Å². The van der Waals surface area contributed by atoms with Crippen molar-refractivity contribution in [2.75, 3.05) is 11.9 Å². The molecule has 2 N–H and O–H groups in total. The molecule has 0 amide bonds. The van der Waals surface area contributed by atoms with Gasteiger partial charge in [-0.15, -0.1) is 0 Å². The number of ether oxygens (including phenoxy) is 1. The molecule has 0 unspecified atom stereocenters. The standard InChI is InChI=1S/C22H17F3N4O2/c1-2-31-21(30)18-10-14-4-3-5-16(20(14)29-18)28-19-11-17(26-12-27-19)13-6-8-15(9-7-13)22(23,24)25/h3-12,29H,2H2,1H3,(H,26,27,28). The van der Waals surface area contributed by atoms with Crippen LogP contribution < -0.4 is 5.32 Å². The number of carbonyl (C=O) groups is 1. The molecule has 4 rings (SSSR count). The summed E-state index contributed by atoms with van der Waals surface area (Å²) in [6.07, 6.45) is -3.07. The van der Waals surface area contributed by atoms with E-state index in [4.69, 9.17) is 4.74 Å². The second-order valence-electron chi connectivity index (χ2n) is 6.66.